The van der Waals surface area contributed by atoms with Crippen LogP contribution in [0.3, 0.4) is 0 Å². The van der Waals surface area contributed by atoms with Gasteiger partial charge in [-0.1, -0.05) is 0 Å². The van der Waals surface area contributed by atoms with Crippen molar-refractivity contribution in [1.82, 2.24) is 5.32 Å². The minimum atomic E-state index is -0.676. The molecule has 0 aliphatic carbocycles. The van der Waals surface area contributed by atoms with Crippen molar-refractivity contribution < 1.29 is 9.59 Å². The van der Waals surface area contributed by atoms with Crippen LogP contribution in [0.15, 0.2) is 18.2 Å². The number of carbonyl (C=O) groups is 2. The minimum absolute atomic E-state index is 0.290. The van der Waals surface area contributed by atoms with Crippen LogP contribution in [0.25, 0.3) is 0 Å². The molecule has 0 aliphatic rings. The number of primary amides is 1. The van der Waals surface area contributed by atoms with Gasteiger partial charge in [0, 0.05) is 17.8 Å². The summed E-state index contributed by atoms with van der Waals surface area (Å²) in [7, 11) is 0. The molecule has 1 aromatic carbocycles. The zero-order valence-corrected chi connectivity index (χ0v) is 10.9. The summed E-state index contributed by atoms with van der Waals surface area (Å²) >= 11 is 0. The fourth-order valence-electron chi connectivity index (χ4n) is 1.58. The van der Waals surface area contributed by atoms with Crippen molar-refractivity contribution in [3.05, 3.63) is 29.3 Å². The van der Waals surface area contributed by atoms with Crippen LogP contribution in [-0.2, 0) is 4.79 Å². The monoisotopic (exact) mass is 249 g/mol. The van der Waals surface area contributed by atoms with E-state index in [1.165, 1.54) is 0 Å². The molecular formula is C13H19N3O2. The van der Waals surface area contributed by atoms with Crippen molar-refractivity contribution in [2.75, 3.05) is 11.9 Å². The summed E-state index contributed by atoms with van der Waals surface area (Å²) in [6.07, 6.45) is 0. The Kier molecular flexibility index (Phi) is 4.71. The van der Waals surface area contributed by atoms with Crippen molar-refractivity contribution in [2.45, 2.75) is 26.8 Å². The van der Waals surface area contributed by atoms with Gasteiger partial charge in [0.05, 0.1) is 0 Å². The average molecular weight is 249 g/mol. The lowest BCUT2D eigenvalue weighted by Gasteiger charge is -2.13. The third kappa shape index (κ3) is 3.48. The van der Waals surface area contributed by atoms with Gasteiger partial charge >= 0.3 is 0 Å². The van der Waals surface area contributed by atoms with Gasteiger partial charge in [-0.05, 0) is 44.5 Å². The molecule has 0 radical (unpaired) electrons. The molecule has 0 fully saturated rings. The van der Waals surface area contributed by atoms with Gasteiger partial charge in [0.25, 0.3) is 5.91 Å². The van der Waals surface area contributed by atoms with Crippen LogP contribution in [-0.4, -0.2) is 24.4 Å². The van der Waals surface area contributed by atoms with E-state index >= 15 is 0 Å². The summed E-state index contributed by atoms with van der Waals surface area (Å²) in [6, 6.07) is 4.79. The Morgan fingerprint density at radius 3 is 2.56 bits per heavy atom. The molecule has 5 heteroatoms. The maximum absolute atomic E-state index is 11.9. The molecule has 2 amide bonds. The van der Waals surface area contributed by atoms with Gasteiger partial charge in [0.2, 0.25) is 5.91 Å². The van der Waals surface area contributed by atoms with E-state index in [4.69, 9.17) is 5.73 Å². The van der Waals surface area contributed by atoms with Crippen LogP contribution < -0.4 is 16.4 Å². The van der Waals surface area contributed by atoms with E-state index in [2.05, 4.69) is 10.6 Å². The number of nitrogens with two attached hydrogens (primary N) is 1. The average Bonchev–Trinajstić information content (AvgIpc) is 2.29. The van der Waals surface area contributed by atoms with Crippen LogP contribution in [0.4, 0.5) is 5.69 Å². The van der Waals surface area contributed by atoms with E-state index in [1.807, 2.05) is 26.0 Å². The lowest BCUT2D eigenvalue weighted by atomic mass is 10.1. The summed E-state index contributed by atoms with van der Waals surface area (Å²) in [5.41, 5.74) is 7.46. The highest BCUT2D eigenvalue weighted by Gasteiger charge is 2.15. The Bertz CT molecular complexity index is 458. The summed E-state index contributed by atoms with van der Waals surface area (Å²) in [5.74, 6) is -0.841. The summed E-state index contributed by atoms with van der Waals surface area (Å²) in [5, 5.41) is 5.72. The highest BCUT2D eigenvalue weighted by molar-refractivity contribution is 5.98. The fraction of sp³-hybridized carbons (Fsp3) is 0.385. The first-order valence-electron chi connectivity index (χ1n) is 5.90. The third-order valence-electron chi connectivity index (χ3n) is 2.63. The number of hydrogen-bond donors (Lipinski definition) is 3. The molecule has 0 saturated heterocycles. The van der Waals surface area contributed by atoms with Gasteiger partial charge < -0.3 is 16.4 Å². The number of nitrogens with one attached hydrogen (secondary N) is 2. The zero-order valence-electron chi connectivity index (χ0n) is 10.9. The predicted molar refractivity (Wildman–Crippen MR) is 71.5 cm³/mol. The van der Waals surface area contributed by atoms with Gasteiger partial charge in [-0.25, -0.2) is 0 Å². The van der Waals surface area contributed by atoms with Crippen LogP contribution in [0.1, 0.15) is 29.8 Å². The normalized spacial score (nSPS) is 11.7. The number of carbonyl (C=O) groups excluding carboxylic acids is 2. The molecule has 4 N–H and O–H groups in total. The number of hydrogen-bond acceptors (Lipinski definition) is 3. The Labute approximate surface area is 107 Å². The van der Waals surface area contributed by atoms with Crippen LogP contribution in [0.5, 0.6) is 0 Å². The van der Waals surface area contributed by atoms with E-state index < -0.39 is 11.9 Å². The molecule has 0 aromatic heterocycles. The van der Waals surface area contributed by atoms with Gasteiger partial charge in [-0.3, -0.25) is 9.59 Å². The molecule has 0 bridgehead atoms. The second kappa shape index (κ2) is 6.05. The smallest absolute Gasteiger partial charge is 0.252 e. The first kappa shape index (κ1) is 14.0. The van der Waals surface area contributed by atoms with Crippen molar-refractivity contribution in [1.29, 1.82) is 0 Å². The van der Waals surface area contributed by atoms with Crippen LogP contribution in [0.2, 0.25) is 0 Å². The molecule has 1 atom stereocenters. The topological polar surface area (TPSA) is 84.2 Å². The predicted octanol–water partition coefficient (Wildman–Crippen LogP) is 1.03. The van der Waals surface area contributed by atoms with Crippen LogP contribution in [0, 0.1) is 6.92 Å². The van der Waals surface area contributed by atoms with Crippen LogP contribution >= 0.6 is 0 Å². The number of anilines is 1. The van der Waals surface area contributed by atoms with Gasteiger partial charge in [0.1, 0.15) is 6.04 Å². The van der Waals surface area contributed by atoms with Gasteiger partial charge in [0.15, 0.2) is 0 Å². The summed E-state index contributed by atoms with van der Waals surface area (Å²) in [4.78, 5) is 22.8. The maximum Gasteiger partial charge on any atom is 0.252 e. The van der Waals surface area contributed by atoms with E-state index in [1.54, 1.807) is 13.0 Å². The molecule has 98 valence electrons. The highest BCUT2D eigenvalue weighted by Crippen LogP contribution is 2.15. The second-order valence-electron chi connectivity index (χ2n) is 4.16. The first-order valence-corrected chi connectivity index (χ1v) is 5.90. The quantitative estimate of drug-likeness (QED) is 0.728. The fourth-order valence-corrected chi connectivity index (χ4v) is 1.58. The second-order valence-corrected chi connectivity index (χ2v) is 4.16. The number of amides is 2. The molecule has 1 aromatic rings. The molecule has 0 saturated carbocycles. The summed E-state index contributed by atoms with van der Waals surface area (Å²) < 4.78 is 0. The molecule has 0 heterocycles. The number of aryl methyl sites for hydroxylation is 1. The largest absolute Gasteiger partial charge is 0.385 e. The minimum Gasteiger partial charge on any atom is -0.385 e. The molecule has 18 heavy (non-hydrogen) atoms. The molecule has 1 rings (SSSR count). The van der Waals surface area contributed by atoms with E-state index in [0.717, 1.165) is 17.8 Å². The Hall–Kier alpha value is -2.04. The van der Waals surface area contributed by atoms with E-state index in [-0.39, 0.29) is 5.91 Å². The van der Waals surface area contributed by atoms with E-state index in [0.29, 0.717) is 5.56 Å². The molecule has 0 aliphatic heterocycles. The van der Waals surface area contributed by atoms with Gasteiger partial charge in [-0.15, -0.1) is 0 Å². The Morgan fingerprint density at radius 2 is 2.06 bits per heavy atom. The SMILES string of the molecule is CCNc1ccc(C(=O)NC(C)C(N)=O)c(C)c1. The van der Waals surface area contributed by atoms with Gasteiger partial charge in [-0.2, -0.15) is 0 Å². The standard InChI is InChI=1S/C13H19N3O2/c1-4-15-10-5-6-11(8(2)7-10)13(18)16-9(3)12(14)17/h5-7,9,15H,4H2,1-3H3,(H2,14,17)(H,16,18). The number of benzene rings is 1. The third-order valence-corrected chi connectivity index (χ3v) is 2.63. The van der Waals surface area contributed by atoms with Crippen molar-refractivity contribution in [2.24, 2.45) is 5.73 Å². The summed E-state index contributed by atoms with van der Waals surface area (Å²) in [6.45, 7) is 6.24. The lowest BCUT2D eigenvalue weighted by molar-refractivity contribution is -0.119. The molecule has 0 spiro atoms. The molecular weight excluding hydrogens is 230 g/mol. The van der Waals surface area contributed by atoms with Crippen molar-refractivity contribution in [3.8, 4) is 0 Å². The zero-order chi connectivity index (χ0) is 13.7. The Morgan fingerprint density at radius 1 is 1.39 bits per heavy atom. The van der Waals surface area contributed by atoms with Crippen molar-refractivity contribution >= 4 is 17.5 Å². The Balaban J connectivity index is 2.83. The molecule has 1 unspecified atom stereocenters. The first-order chi connectivity index (χ1) is 8.45. The molecule has 5 nitrogen and oxygen atoms in total. The highest BCUT2D eigenvalue weighted by atomic mass is 16.2. The maximum atomic E-state index is 11.9. The van der Waals surface area contributed by atoms with E-state index in [9.17, 15) is 9.59 Å². The lowest BCUT2D eigenvalue weighted by Crippen LogP contribution is -2.42. The number of rotatable bonds is 5. The van der Waals surface area contributed by atoms with Crippen molar-refractivity contribution in [3.63, 3.8) is 0 Å².